The highest BCUT2D eigenvalue weighted by molar-refractivity contribution is 5.72. The van der Waals surface area contributed by atoms with Gasteiger partial charge in [0.05, 0.1) is 18.6 Å². The molecule has 0 aliphatic rings. The summed E-state index contributed by atoms with van der Waals surface area (Å²) in [6.45, 7) is 0.818. The van der Waals surface area contributed by atoms with Crippen molar-refractivity contribution in [3.05, 3.63) is 70.2 Å². The third-order valence-electron chi connectivity index (χ3n) is 3.20. The van der Waals surface area contributed by atoms with Gasteiger partial charge >= 0.3 is 5.76 Å². The van der Waals surface area contributed by atoms with E-state index in [9.17, 15) is 4.79 Å². The lowest BCUT2D eigenvalue weighted by atomic mass is 10.1. The fraction of sp³-hybridized carbons (Fsp3) is 0.118. The lowest BCUT2D eigenvalue weighted by Gasteiger charge is -2.02. The van der Waals surface area contributed by atoms with Crippen LogP contribution in [0.3, 0.4) is 0 Å². The van der Waals surface area contributed by atoms with Crippen molar-refractivity contribution in [1.29, 1.82) is 0 Å². The number of oxazole rings is 1. The number of rotatable bonds is 2. The Bertz CT molecular complexity index is 877. The molecule has 4 heteroatoms. The summed E-state index contributed by atoms with van der Waals surface area (Å²) in [5, 5.41) is 0. The Kier molecular flexibility index (Phi) is 3.59. The summed E-state index contributed by atoms with van der Waals surface area (Å²) in [6, 6.07) is 15.2. The molecule has 0 radical (unpaired) electrons. The van der Waals surface area contributed by atoms with Gasteiger partial charge in [-0.25, -0.2) is 4.79 Å². The number of para-hydroxylation sites is 2. The first kappa shape index (κ1) is 13.2. The summed E-state index contributed by atoms with van der Waals surface area (Å²) in [7, 11) is 0. The highest BCUT2D eigenvalue weighted by Crippen LogP contribution is 2.14. The first-order chi connectivity index (χ1) is 10.3. The minimum atomic E-state index is -0.344. The summed E-state index contributed by atoms with van der Waals surface area (Å²) < 4.78 is 6.84. The van der Waals surface area contributed by atoms with E-state index in [4.69, 9.17) is 10.2 Å². The highest BCUT2D eigenvalue weighted by Gasteiger charge is 2.08. The molecule has 0 aliphatic heterocycles. The van der Waals surface area contributed by atoms with Gasteiger partial charge in [0.2, 0.25) is 0 Å². The second kappa shape index (κ2) is 5.70. The number of fused-ring (bicyclic) bond motifs is 1. The number of aromatic nitrogens is 1. The van der Waals surface area contributed by atoms with Crippen LogP contribution in [0, 0.1) is 11.8 Å². The van der Waals surface area contributed by atoms with Gasteiger partial charge in [0.25, 0.3) is 0 Å². The first-order valence-electron chi connectivity index (χ1n) is 6.64. The average Bonchev–Trinajstić information content (AvgIpc) is 2.83. The standard InChI is InChI=1S/C17H14N2O2/c18-11-3-4-13-7-9-14(10-8-13)12-19-15-5-1-2-6-16(15)21-17(19)20/h1-2,5-10H,11-12,18H2. The van der Waals surface area contributed by atoms with Gasteiger partial charge in [-0.05, 0) is 29.8 Å². The van der Waals surface area contributed by atoms with Crippen LogP contribution < -0.4 is 11.5 Å². The van der Waals surface area contributed by atoms with E-state index in [0.29, 0.717) is 18.7 Å². The quantitative estimate of drug-likeness (QED) is 0.729. The Morgan fingerprint density at radius 2 is 1.86 bits per heavy atom. The van der Waals surface area contributed by atoms with E-state index >= 15 is 0 Å². The van der Waals surface area contributed by atoms with E-state index in [1.807, 2.05) is 42.5 Å². The Hall–Kier alpha value is -2.77. The molecule has 1 heterocycles. The smallest absolute Gasteiger partial charge is 0.408 e. The highest BCUT2D eigenvalue weighted by atomic mass is 16.4. The Balaban J connectivity index is 1.92. The number of nitrogens with zero attached hydrogens (tertiary/aromatic N) is 1. The molecule has 0 amide bonds. The Morgan fingerprint density at radius 3 is 2.62 bits per heavy atom. The van der Waals surface area contributed by atoms with Gasteiger partial charge in [0, 0.05) is 5.56 Å². The molecule has 3 rings (SSSR count). The molecule has 2 N–H and O–H groups in total. The number of hydrogen-bond donors (Lipinski definition) is 1. The van der Waals surface area contributed by atoms with Crippen molar-refractivity contribution in [2.75, 3.05) is 6.54 Å². The van der Waals surface area contributed by atoms with Crippen molar-refractivity contribution in [1.82, 2.24) is 4.57 Å². The third kappa shape index (κ3) is 2.73. The van der Waals surface area contributed by atoms with Crippen LogP contribution in [0.2, 0.25) is 0 Å². The molecule has 0 bridgehead atoms. The summed E-state index contributed by atoms with van der Waals surface area (Å²) in [5.41, 5.74) is 8.68. The maximum atomic E-state index is 11.9. The van der Waals surface area contributed by atoms with Crippen molar-refractivity contribution in [3.8, 4) is 11.8 Å². The van der Waals surface area contributed by atoms with E-state index < -0.39 is 0 Å². The number of hydrogen-bond acceptors (Lipinski definition) is 3. The zero-order valence-corrected chi connectivity index (χ0v) is 11.4. The number of nitrogens with two attached hydrogens (primary N) is 1. The van der Waals surface area contributed by atoms with Crippen molar-refractivity contribution in [2.45, 2.75) is 6.54 Å². The molecule has 0 fully saturated rings. The van der Waals surface area contributed by atoms with Gasteiger partial charge in [-0.2, -0.15) is 0 Å². The third-order valence-corrected chi connectivity index (χ3v) is 3.20. The molecule has 2 aromatic carbocycles. The van der Waals surface area contributed by atoms with Crippen LogP contribution in [0.5, 0.6) is 0 Å². The first-order valence-corrected chi connectivity index (χ1v) is 6.64. The van der Waals surface area contributed by atoms with Crippen LogP contribution in [0.15, 0.2) is 57.7 Å². The largest absolute Gasteiger partial charge is 0.420 e. The zero-order chi connectivity index (χ0) is 14.7. The summed E-state index contributed by atoms with van der Waals surface area (Å²) >= 11 is 0. The maximum Gasteiger partial charge on any atom is 0.420 e. The Labute approximate surface area is 121 Å². The fourth-order valence-corrected chi connectivity index (χ4v) is 2.19. The number of benzene rings is 2. The molecule has 104 valence electrons. The topological polar surface area (TPSA) is 61.2 Å². The molecular formula is C17H14N2O2. The van der Waals surface area contributed by atoms with E-state index in [2.05, 4.69) is 11.8 Å². The molecule has 4 nitrogen and oxygen atoms in total. The predicted octanol–water partition coefficient (Wildman–Crippen LogP) is 1.95. The molecule has 0 atom stereocenters. The van der Waals surface area contributed by atoms with Crippen LogP contribution in [-0.2, 0) is 6.54 Å². The fourth-order valence-electron chi connectivity index (χ4n) is 2.19. The molecule has 0 saturated heterocycles. The van der Waals surface area contributed by atoms with Gasteiger partial charge in [-0.15, -0.1) is 0 Å². The molecule has 21 heavy (non-hydrogen) atoms. The molecular weight excluding hydrogens is 264 g/mol. The molecule has 3 aromatic rings. The second-order valence-electron chi connectivity index (χ2n) is 4.62. The van der Waals surface area contributed by atoms with E-state index in [1.165, 1.54) is 0 Å². The molecule has 0 aliphatic carbocycles. The monoisotopic (exact) mass is 278 g/mol. The molecule has 0 unspecified atom stereocenters. The lowest BCUT2D eigenvalue weighted by molar-refractivity contribution is 0.517. The van der Waals surface area contributed by atoms with Gasteiger partial charge in [0.1, 0.15) is 0 Å². The molecule has 0 saturated carbocycles. The van der Waals surface area contributed by atoms with Gasteiger partial charge < -0.3 is 10.2 Å². The maximum absolute atomic E-state index is 11.9. The summed E-state index contributed by atoms with van der Waals surface area (Å²) in [6.07, 6.45) is 0. The van der Waals surface area contributed by atoms with E-state index in [1.54, 1.807) is 10.6 Å². The van der Waals surface area contributed by atoms with E-state index in [0.717, 1.165) is 16.6 Å². The van der Waals surface area contributed by atoms with Crippen molar-refractivity contribution in [3.63, 3.8) is 0 Å². The minimum absolute atomic E-state index is 0.344. The summed E-state index contributed by atoms with van der Waals surface area (Å²) in [5.74, 6) is 5.44. The predicted molar refractivity (Wildman–Crippen MR) is 82.0 cm³/mol. The van der Waals surface area contributed by atoms with Crippen molar-refractivity contribution < 1.29 is 4.42 Å². The molecule has 0 spiro atoms. The van der Waals surface area contributed by atoms with Crippen LogP contribution in [0.4, 0.5) is 0 Å². The average molecular weight is 278 g/mol. The van der Waals surface area contributed by atoms with Crippen molar-refractivity contribution in [2.24, 2.45) is 5.73 Å². The van der Waals surface area contributed by atoms with Gasteiger partial charge in [-0.3, -0.25) is 4.57 Å². The molecule has 1 aromatic heterocycles. The van der Waals surface area contributed by atoms with Crippen LogP contribution >= 0.6 is 0 Å². The minimum Gasteiger partial charge on any atom is -0.408 e. The zero-order valence-electron chi connectivity index (χ0n) is 11.4. The van der Waals surface area contributed by atoms with Crippen molar-refractivity contribution >= 4 is 11.1 Å². The van der Waals surface area contributed by atoms with Crippen LogP contribution in [0.25, 0.3) is 11.1 Å². The van der Waals surface area contributed by atoms with Gasteiger partial charge in [-0.1, -0.05) is 36.1 Å². The van der Waals surface area contributed by atoms with Crippen LogP contribution in [0.1, 0.15) is 11.1 Å². The lowest BCUT2D eigenvalue weighted by Crippen LogP contribution is -2.14. The Morgan fingerprint density at radius 1 is 1.10 bits per heavy atom. The van der Waals surface area contributed by atoms with Gasteiger partial charge in [0.15, 0.2) is 5.58 Å². The van der Waals surface area contributed by atoms with Crippen LogP contribution in [-0.4, -0.2) is 11.1 Å². The normalized spacial score (nSPS) is 10.3. The van der Waals surface area contributed by atoms with E-state index in [-0.39, 0.29) is 5.76 Å². The summed E-state index contributed by atoms with van der Waals surface area (Å²) in [4.78, 5) is 11.9. The second-order valence-corrected chi connectivity index (χ2v) is 4.62. The SMILES string of the molecule is NCC#Cc1ccc(Cn2c(=O)oc3ccccc32)cc1.